The number of quaternary nitrogens is 1. The summed E-state index contributed by atoms with van der Waals surface area (Å²) in [6.07, 6.45) is 56.2. The molecule has 1 amide bonds. The second-order valence-electron chi connectivity index (χ2n) is 19.9. The first-order chi connectivity index (χ1) is 30.5. The molecule has 0 aliphatic heterocycles. The molecule has 0 aliphatic rings. The van der Waals surface area contributed by atoms with E-state index >= 15 is 0 Å². The number of nitrogens with zero attached hydrogens (tertiary/aromatic N) is 1. The molecular weight excluding hydrogens is 804 g/mol. The number of carbonyl (C=O) groups excluding carboxylic acids is 1. The Kier molecular flexibility index (Phi) is 45.4. The number of rotatable bonds is 50. The van der Waals surface area contributed by atoms with Crippen LogP contribution in [-0.4, -0.2) is 68.5 Å². The van der Waals surface area contributed by atoms with Gasteiger partial charge in [0.05, 0.1) is 39.9 Å². The first kappa shape index (κ1) is 62.0. The van der Waals surface area contributed by atoms with Gasteiger partial charge in [0, 0.05) is 6.42 Å². The van der Waals surface area contributed by atoms with Crippen LogP contribution in [0.2, 0.25) is 0 Å². The largest absolute Gasteiger partial charge is 0.756 e. The van der Waals surface area contributed by atoms with Crippen molar-refractivity contribution in [2.45, 2.75) is 276 Å². The molecule has 0 heterocycles. The number of carbonyl (C=O) groups is 1. The van der Waals surface area contributed by atoms with Gasteiger partial charge in [0.25, 0.3) is 7.82 Å². The molecule has 0 spiro atoms. The van der Waals surface area contributed by atoms with Crippen LogP contribution in [0, 0.1) is 0 Å². The van der Waals surface area contributed by atoms with E-state index in [0.717, 1.165) is 51.4 Å². The number of nitrogens with one attached hydrogen (secondary N) is 1. The summed E-state index contributed by atoms with van der Waals surface area (Å²) >= 11 is 0. The van der Waals surface area contributed by atoms with Crippen molar-refractivity contribution in [3.63, 3.8) is 0 Å². The Labute approximate surface area is 392 Å². The van der Waals surface area contributed by atoms with Gasteiger partial charge in [-0.2, -0.15) is 0 Å². The van der Waals surface area contributed by atoms with Gasteiger partial charge in [-0.25, -0.2) is 0 Å². The fraction of sp³-hybridized carbons (Fsp3) is 0.907. The zero-order chi connectivity index (χ0) is 46.4. The van der Waals surface area contributed by atoms with Gasteiger partial charge < -0.3 is 28.8 Å². The van der Waals surface area contributed by atoms with Crippen molar-refractivity contribution >= 4 is 13.7 Å². The van der Waals surface area contributed by atoms with Crippen molar-refractivity contribution in [2.75, 3.05) is 40.9 Å². The zero-order valence-electron chi connectivity index (χ0n) is 42.5. The van der Waals surface area contributed by atoms with Crippen LogP contribution >= 0.6 is 7.82 Å². The molecule has 0 aromatic carbocycles. The van der Waals surface area contributed by atoms with Gasteiger partial charge in [-0.1, -0.05) is 237 Å². The first-order valence-electron chi connectivity index (χ1n) is 27.2. The number of aliphatic hydroxyl groups excluding tert-OH is 1. The Hall–Kier alpha value is -1.02. The molecule has 0 radical (unpaired) electrons. The van der Waals surface area contributed by atoms with Crippen LogP contribution in [0.1, 0.15) is 264 Å². The van der Waals surface area contributed by atoms with Crippen molar-refractivity contribution < 1.29 is 32.9 Å². The predicted molar refractivity (Wildman–Crippen MR) is 270 cm³/mol. The van der Waals surface area contributed by atoms with E-state index in [4.69, 9.17) is 9.05 Å². The van der Waals surface area contributed by atoms with Gasteiger partial charge in [0.1, 0.15) is 13.2 Å². The van der Waals surface area contributed by atoms with Crippen LogP contribution in [0.5, 0.6) is 0 Å². The van der Waals surface area contributed by atoms with Gasteiger partial charge in [-0.15, -0.1) is 0 Å². The summed E-state index contributed by atoms with van der Waals surface area (Å²) in [5, 5.41) is 14.0. The van der Waals surface area contributed by atoms with E-state index in [1.54, 1.807) is 0 Å². The number of amides is 1. The highest BCUT2D eigenvalue weighted by Crippen LogP contribution is 2.38. The Morgan fingerprint density at radius 2 is 0.921 bits per heavy atom. The molecule has 3 atom stereocenters. The molecule has 0 aliphatic carbocycles. The minimum atomic E-state index is -4.57. The smallest absolute Gasteiger partial charge is 0.268 e. The van der Waals surface area contributed by atoms with Gasteiger partial charge in [0.15, 0.2) is 0 Å². The number of phosphoric acid groups is 1. The van der Waals surface area contributed by atoms with Gasteiger partial charge in [-0.05, 0) is 44.9 Å². The third kappa shape index (κ3) is 48.7. The van der Waals surface area contributed by atoms with Crippen LogP contribution in [0.15, 0.2) is 24.3 Å². The number of aliphatic hydroxyl groups is 1. The van der Waals surface area contributed by atoms with E-state index in [2.05, 4.69) is 43.5 Å². The standard InChI is InChI=1S/C54H107N2O6P/c1-6-8-10-12-14-16-18-20-22-24-26-27-28-29-30-31-33-35-37-39-41-43-45-47-53(57)52(51-62-63(59,60)61-50-49-56(3,4)5)55-54(58)48-46-44-42-40-38-36-34-32-25-23-21-19-17-15-13-11-9-7-2/h17,19,23,25,52-53,57H,6-16,18,20-22,24,26-51H2,1-5H3,(H-,55,58,59,60)/b19-17-,25-23-. The van der Waals surface area contributed by atoms with E-state index < -0.39 is 20.0 Å². The highest BCUT2D eigenvalue weighted by atomic mass is 31.2. The molecule has 0 saturated heterocycles. The minimum absolute atomic E-state index is 0.0115. The number of allylic oxidation sites excluding steroid dienone is 4. The third-order valence-electron chi connectivity index (χ3n) is 12.4. The van der Waals surface area contributed by atoms with E-state index in [0.29, 0.717) is 23.9 Å². The molecule has 374 valence electrons. The molecule has 8 nitrogen and oxygen atoms in total. The molecule has 9 heteroatoms. The van der Waals surface area contributed by atoms with Crippen LogP contribution in [0.4, 0.5) is 0 Å². The molecule has 63 heavy (non-hydrogen) atoms. The van der Waals surface area contributed by atoms with Crippen LogP contribution < -0.4 is 10.2 Å². The molecular formula is C54H107N2O6P. The molecule has 0 aromatic heterocycles. The average molecular weight is 911 g/mol. The summed E-state index contributed by atoms with van der Waals surface area (Å²) in [5.74, 6) is -0.170. The molecule has 3 unspecified atom stereocenters. The van der Waals surface area contributed by atoms with Crippen molar-refractivity contribution in [3.05, 3.63) is 24.3 Å². The number of unbranched alkanes of at least 4 members (excludes halogenated alkanes) is 33. The van der Waals surface area contributed by atoms with Gasteiger partial charge in [0.2, 0.25) is 5.91 Å². The highest BCUT2D eigenvalue weighted by molar-refractivity contribution is 7.45. The van der Waals surface area contributed by atoms with E-state index in [1.165, 1.54) is 186 Å². The second-order valence-corrected chi connectivity index (χ2v) is 21.4. The first-order valence-corrected chi connectivity index (χ1v) is 28.6. The summed E-state index contributed by atoms with van der Waals surface area (Å²) in [6.45, 7) is 4.73. The molecule has 2 N–H and O–H groups in total. The maximum atomic E-state index is 12.9. The summed E-state index contributed by atoms with van der Waals surface area (Å²) in [5.41, 5.74) is 0. The summed E-state index contributed by atoms with van der Waals surface area (Å²) in [7, 11) is 1.31. The molecule has 0 rings (SSSR count). The van der Waals surface area contributed by atoms with Gasteiger partial charge in [-0.3, -0.25) is 9.36 Å². The molecule has 0 aromatic rings. The van der Waals surface area contributed by atoms with Crippen molar-refractivity contribution in [2.24, 2.45) is 0 Å². The zero-order valence-corrected chi connectivity index (χ0v) is 43.4. The lowest BCUT2D eigenvalue weighted by molar-refractivity contribution is -0.870. The lowest BCUT2D eigenvalue weighted by Gasteiger charge is -2.30. The number of hydrogen-bond acceptors (Lipinski definition) is 6. The van der Waals surface area contributed by atoms with E-state index in [9.17, 15) is 19.4 Å². The third-order valence-corrected chi connectivity index (χ3v) is 13.4. The summed E-state index contributed by atoms with van der Waals surface area (Å²) in [6, 6.07) is -0.804. The second kappa shape index (κ2) is 46.1. The predicted octanol–water partition coefficient (Wildman–Crippen LogP) is 15.4. The summed E-state index contributed by atoms with van der Waals surface area (Å²) in [4.78, 5) is 25.5. The lowest BCUT2D eigenvalue weighted by Crippen LogP contribution is -2.46. The molecule has 0 saturated carbocycles. The van der Waals surface area contributed by atoms with E-state index in [1.807, 2.05) is 21.1 Å². The highest BCUT2D eigenvalue weighted by Gasteiger charge is 2.24. The van der Waals surface area contributed by atoms with Gasteiger partial charge >= 0.3 is 0 Å². The molecule has 0 fully saturated rings. The van der Waals surface area contributed by atoms with Crippen molar-refractivity contribution in [1.82, 2.24) is 5.32 Å². The SMILES string of the molecule is CCCCCC/C=C\C/C=C\CCCCCCCCCC(=O)NC(COP(=O)([O-])OCC[N+](C)(C)C)C(O)CCCCCCCCCCCCCCCCCCCCCCCCC. The fourth-order valence-corrected chi connectivity index (χ4v) is 8.85. The van der Waals surface area contributed by atoms with Crippen LogP contribution in [0.25, 0.3) is 0 Å². The fourth-order valence-electron chi connectivity index (χ4n) is 8.13. The number of likely N-dealkylation sites (N-methyl/N-ethyl adjacent to an activating group) is 1. The Bertz CT molecular complexity index is 1080. The Balaban J connectivity index is 4.21. The van der Waals surface area contributed by atoms with Crippen molar-refractivity contribution in [1.29, 1.82) is 0 Å². The molecule has 0 bridgehead atoms. The normalized spacial score (nSPS) is 14.2. The van der Waals surface area contributed by atoms with Crippen LogP contribution in [-0.2, 0) is 18.4 Å². The maximum absolute atomic E-state index is 12.9. The Morgan fingerprint density at radius 3 is 1.33 bits per heavy atom. The van der Waals surface area contributed by atoms with Crippen LogP contribution in [0.3, 0.4) is 0 Å². The average Bonchev–Trinajstić information content (AvgIpc) is 3.24. The Morgan fingerprint density at radius 1 is 0.556 bits per heavy atom. The number of hydrogen-bond donors (Lipinski definition) is 2. The lowest BCUT2D eigenvalue weighted by atomic mass is 10.0. The van der Waals surface area contributed by atoms with Crippen molar-refractivity contribution in [3.8, 4) is 0 Å². The minimum Gasteiger partial charge on any atom is -0.756 e. The summed E-state index contributed by atoms with van der Waals surface area (Å²) < 4.78 is 23.4. The van der Waals surface area contributed by atoms with E-state index in [-0.39, 0.29) is 19.1 Å². The maximum Gasteiger partial charge on any atom is 0.268 e. The topological polar surface area (TPSA) is 108 Å². The monoisotopic (exact) mass is 911 g/mol. The quantitative estimate of drug-likeness (QED) is 0.0272. The number of phosphoric ester groups is 1.